The first-order chi connectivity index (χ1) is 56.7. The topological polar surface area (TPSA) is 244 Å². The standard InChI is InChI=1S/C19H26BrNO2.C19H27NO2.C18H24BrNO2.C17H25NO.C16H22BrNO.C2H3N.2CH2Cl2.BBr.BHNS.ClH/c1-12(22)21-18-13-7-5-4-6-8-19(18,2)15-11-17(23-3)16(20)10-14(15)9-13;1-13(21)20-18-15-7-5-4-6-10-19(18,2)17-12-16(22-3)9-8-14(17)11-15;1-11(21)20-17-12-6-4-3-5-7-18(17,2)14-10-16(22)15(19)9-13(14)8-12;1-17-9-5-3-4-6-13(16(17)18)10-12-7-8-14(19-2)11-15(12)17;1-16-6-4-2-3-5-10(15(16)18)7-11-8-13(17)14(19)9-12(11)16;1-2-3;2*2-1-3;1-2;1-2-3;/h10-11,13,18H,4-9H2,1-3H3,(H,21,22);8-9,12,15,18H,4-7,10-11H2,1-3H3,(H,20,21);9-10,12,17,22H,3-8H2,1-2H3,(H,20,21);7-8,11,13,16H,3-6,9-10,18H2,1-2H3;8-10,15,19H,2-7,18H2,1H3;1H3;2*1H2;;3H;1H. The Labute approximate surface area is 786 Å². The first-order valence-corrected chi connectivity index (χ1v) is 48.5. The number of nitrogens with two attached hydrogens (primary N) is 2. The van der Waals surface area contributed by atoms with Crippen LogP contribution in [0.3, 0.4) is 0 Å². The molecule has 5 fully saturated rings. The molecule has 0 aliphatic heterocycles. The van der Waals surface area contributed by atoms with Gasteiger partial charge >= 0.3 is 24.8 Å². The number of thiol groups is 1. The summed E-state index contributed by atoms with van der Waals surface area (Å²) in [7, 11) is 9.51. The van der Waals surface area contributed by atoms with Crippen LogP contribution in [0.5, 0.6) is 28.7 Å². The van der Waals surface area contributed by atoms with Crippen LogP contribution < -0.4 is 41.6 Å². The Balaban J connectivity index is 0.000000256. The first kappa shape index (κ1) is 107. The normalized spacial score (nSPS) is 28.3. The van der Waals surface area contributed by atoms with Crippen LogP contribution in [-0.2, 0) is 73.6 Å². The second kappa shape index (κ2) is 51.5. The molecule has 5 aromatic carbocycles. The molecule has 3 amide bonds. The number of carbonyl (C=O) groups excluding carboxylic acids is 3. The summed E-state index contributed by atoms with van der Waals surface area (Å²) in [5.41, 5.74) is 27.0. The molecular weight excluding hydrogens is 1890 g/mol. The SMILES string of the molecule is CC#N.CC(=O)NC1C2CCCCCC1(C)c1cc(O)c(Br)cc1C2.CC12CCCCCC(Cc3cc(Br)c(O)cc31)C2N.COc1cc2c(cc1Br)CC1CCCCCC2(C)C1NC(C)=O.COc1ccc2c(c1)C1(C)CCCCCC(C2)C1N.COc1ccc2c(c1)C1(C)CCCCCC(C2)C1NC(C)=O.Cl.ClCCl.ClCCl.[B]=NS.[B]Br. The Kier molecular flexibility index (Phi) is 46.0. The third-order valence-corrected chi connectivity index (χ3v) is 29.6. The van der Waals surface area contributed by atoms with Gasteiger partial charge in [-0.1, -0.05) is 143 Å². The Morgan fingerprint density at radius 1 is 0.467 bits per heavy atom. The smallest absolute Gasteiger partial charge is 0.176 e. The van der Waals surface area contributed by atoms with Gasteiger partial charge in [0.05, 0.1) is 51.5 Å². The molecule has 10 bridgehead atoms. The van der Waals surface area contributed by atoms with Crippen LogP contribution in [0.15, 0.2) is 90.5 Å². The quantitative estimate of drug-likeness (QED) is 0.0451. The van der Waals surface area contributed by atoms with Crippen LogP contribution in [0.25, 0.3) is 0 Å². The molecule has 15 unspecified atom stereocenters. The molecule has 15 atom stereocenters. The summed E-state index contributed by atoms with van der Waals surface area (Å²) in [6, 6.07) is 28.4. The molecule has 27 heteroatoms. The van der Waals surface area contributed by atoms with Crippen LogP contribution in [0.2, 0.25) is 0 Å². The third-order valence-electron chi connectivity index (χ3n) is 27.7. The number of phenolic OH excluding ortho intramolecular Hbond substituents is 2. The number of amides is 3. The number of rotatable bonds is 6. The van der Waals surface area contributed by atoms with E-state index in [-0.39, 0.29) is 92.0 Å². The number of alkyl halides is 4. The number of halogens is 9. The summed E-state index contributed by atoms with van der Waals surface area (Å²) < 4.78 is 21.7. The van der Waals surface area contributed by atoms with E-state index >= 15 is 0 Å². The number of nitrogens with one attached hydrogen (secondary N) is 3. The maximum Gasteiger partial charge on any atom is 0.176 e. The van der Waals surface area contributed by atoms with E-state index in [1.54, 1.807) is 48.2 Å². The summed E-state index contributed by atoms with van der Waals surface area (Å²) in [6.45, 7) is 22.2. The Morgan fingerprint density at radius 3 is 1.02 bits per heavy atom. The number of phenols is 2. The van der Waals surface area contributed by atoms with E-state index in [1.807, 2.05) is 12.1 Å². The van der Waals surface area contributed by atoms with Gasteiger partial charge in [0.1, 0.15) is 28.7 Å². The van der Waals surface area contributed by atoms with Crippen molar-refractivity contribution in [1.82, 2.24) is 16.0 Å². The number of hydrogen-bond acceptors (Lipinski definition) is 13. The van der Waals surface area contributed by atoms with Gasteiger partial charge in [0.2, 0.25) is 17.7 Å². The van der Waals surface area contributed by atoms with Crippen LogP contribution >= 0.6 is 135 Å². The molecule has 0 spiro atoms. The average molecular weight is 2030 g/mol. The maximum atomic E-state index is 11.8. The number of benzene rings is 5. The van der Waals surface area contributed by atoms with Crippen molar-refractivity contribution in [3.63, 3.8) is 0 Å². The van der Waals surface area contributed by atoms with E-state index in [4.69, 9.17) is 77.3 Å². The van der Waals surface area contributed by atoms with E-state index in [2.05, 4.69) is 206 Å². The van der Waals surface area contributed by atoms with Crippen LogP contribution in [-0.4, -0.2) is 104 Å². The fraction of sp³-hybridized carbons (Fsp3) is 0.634. The second-order valence-electron chi connectivity index (χ2n) is 35.1. The van der Waals surface area contributed by atoms with Crippen molar-refractivity contribution >= 4 is 167 Å². The van der Waals surface area contributed by atoms with Crippen molar-refractivity contribution in [2.45, 2.75) is 312 Å². The van der Waals surface area contributed by atoms with E-state index < -0.39 is 0 Å². The summed E-state index contributed by atoms with van der Waals surface area (Å²) in [4.78, 5) is 35.4. The number of ether oxygens (including phenoxy) is 3. The molecule has 10 aliphatic carbocycles. The summed E-state index contributed by atoms with van der Waals surface area (Å²) in [5, 5.41) is 37.7. The minimum Gasteiger partial charge on any atom is -0.176 e. The van der Waals surface area contributed by atoms with Gasteiger partial charge in [0, 0.05) is 85.0 Å². The molecule has 120 heavy (non-hydrogen) atoms. The predicted octanol–water partition coefficient (Wildman–Crippen LogP) is 23.7. The molecule has 15 rings (SSSR count). The van der Waals surface area contributed by atoms with Crippen LogP contribution in [0.4, 0.5) is 0 Å². The molecule has 3 radical (unpaired) electrons. The van der Waals surface area contributed by atoms with E-state index in [9.17, 15) is 24.6 Å². The minimum absolute atomic E-state index is 0. The maximum absolute atomic E-state index is 11.8. The van der Waals surface area contributed by atoms with Crippen molar-refractivity contribution in [1.29, 1.82) is 5.26 Å². The second-order valence-corrected chi connectivity index (χ2v) is 39.6. The molecule has 15 nitrogen and oxygen atoms in total. The number of nitrogens with zero attached hydrogens (tertiary/aromatic N) is 2. The van der Waals surface area contributed by atoms with Crippen molar-refractivity contribution in [2.75, 3.05) is 32.0 Å². The van der Waals surface area contributed by atoms with Crippen molar-refractivity contribution in [2.24, 2.45) is 45.4 Å². The molecule has 10 aliphatic rings. The zero-order valence-corrected chi connectivity index (χ0v) is 83.8. The monoisotopic (exact) mass is 2020 g/mol. The average Bonchev–Trinajstić information content (AvgIpc) is 0.744. The van der Waals surface area contributed by atoms with Gasteiger partial charge in [-0.3, -0.25) is 14.4 Å². The van der Waals surface area contributed by atoms with Crippen molar-refractivity contribution in [3.05, 3.63) is 142 Å². The fourth-order valence-electron chi connectivity index (χ4n) is 22.0. The Morgan fingerprint density at radius 2 is 0.717 bits per heavy atom. The number of fused-ring (bicyclic) bond motifs is 20. The van der Waals surface area contributed by atoms with E-state index in [1.165, 1.54) is 197 Å². The Bertz CT molecular complexity index is 4160. The zero-order valence-electron chi connectivity index (χ0n) is 72.8. The van der Waals surface area contributed by atoms with Crippen LogP contribution in [0, 0.1) is 40.9 Å². The minimum atomic E-state index is -0.0947. The number of carbonyl (C=O) groups is 3. The van der Waals surface area contributed by atoms with E-state index in [0.29, 0.717) is 47.1 Å². The largest absolute Gasteiger partial charge is 0.176 e. The van der Waals surface area contributed by atoms with Gasteiger partial charge in [0.25, 0.3) is 0 Å². The number of aromatic hydroxyl groups is 2. The molecule has 0 heterocycles. The number of hydrogen-bond donors (Lipinski definition) is 8. The number of nitriles is 1. The Hall–Kier alpha value is -3.43. The van der Waals surface area contributed by atoms with E-state index in [0.717, 1.165) is 88.5 Å². The van der Waals surface area contributed by atoms with Gasteiger partial charge in [-0.25, -0.2) is 0 Å². The fourth-order valence-corrected chi connectivity index (χ4v) is 23.4. The molecule has 5 aromatic rings. The summed E-state index contributed by atoms with van der Waals surface area (Å²) in [6.07, 6.45) is 36.2. The van der Waals surface area contributed by atoms with Gasteiger partial charge in [-0.15, -0.1) is 58.8 Å². The molecule has 0 saturated heterocycles. The summed E-state index contributed by atoms with van der Waals surface area (Å²) in [5.74, 6) is 6.43. The van der Waals surface area contributed by atoms with Gasteiger partial charge in [-0.05, 0) is 290 Å². The molecular formula is C93H133B2Br4Cl5N7O8S. The van der Waals surface area contributed by atoms with Crippen molar-refractivity contribution < 1.29 is 38.8 Å². The molecule has 663 valence electrons. The van der Waals surface area contributed by atoms with Crippen LogP contribution in [0.1, 0.15) is 278 Å². The number of methoxy groups -OCH3 is 3. The summed E-state index contributed by atoms with van der Waals surface area (Å²) >= 11 is 35.2. The van der Waals surface area contributed by atoms with Gasteiger partial charge in [-0.2, -0.15) is 21.0 Å². The van der Waals surface area contributed by atoms with Gasteiger partial charge in [0.15, 0.2) is 6.67 Å². The van der Waals surface area contributed by atoms with Gasteiger partial charge < -0.3 is 51.8 Å². The molecule has 5 saturated carbocycles. The molecule has 0 aromatic heterocycles. The first-order valence-electron chi connectivity index (χ1n) is 42.6. The molecule has 9 N–H and O–H groups in total. The zero-order chi connectivity index (χ0) is 88.2. The predicted molar refractivity (Wildman–Crippen MR) is 519 cm³/mol. The van der Waals surface area contributed by atoms with Crippen molar-refractivity contribution in [3.8, 4) is 34.8 Å². The third kappa shape index (κ3) is 27.1.